The molecule has 0 bridgehead atoms. The normalized spacial score (nSPS) is 20.8. The molecule has 1 fully saturated rings. The smallest absolute Gasteiger partial charge is 0.284 e. The highest BCUT2D eigenvalue weighted by atomic mass is 32.2. The highest BCUT2D eigenvalue weighted by molar-refractivity contribution is 8.00. The lowest BCUT2D eigenvalue weighted by molar-refractivity contribution is -0.130. The van der Waals surface area contributed by atoms with E-state index in [1.165, 1.54) is 11.2 Å². The van der Waals surface area contributed by atoms with Gasteiger partial charge in [0.2, 0.25) is 5.91 Å². The average Bonchev–Trinajstić information content (AvgIpc) is 3.25. The van der Waals surface area contributed by atoms with Crippen LogP contribution >= 0.6 is 11.8 Å². The van der Waals surface area contributed by atoms with Crippen LogP contribution in [0.2, 0.25) is 0 Å². The van der Waals surface area contributed by atoms with Crippen molar-refractivity contribution in [1.29, 1.82) is 0 Å². The van der Waals surface area contributed by atoms with E-state index in [0.717, 1.165) is 11.8 Å². The van der Waals surface area contributed by atoms with E-state index in [4.69, 9.17) is 8.83 Å². The van der Waals surface area contributed by atoms with Crippen molar-refractivity contribution < 1.29 is 22.0 Å². The Morgan fingerprint density at radius 1 is 1.46 bits per heavy atom. The fraction of sp³-hybridized carbons (Fsp3) is 0.500. The number of aromatic nitrogens is 2. The molecule has 24 heavy (non-hydrogen) atoms. The molecule has 1 aliphatic heterocycles. The predicted octanol–water partition coefficient (Wildman–Crippen LogP) is 1.46. The molecule has 1 aliphatic rings. The SMILES string of the molecule is C[C@H](Sc1nnc(-c2ccco2)o1)C(=O)N(C)[C@@H]1CCS(=O)(=O)C1. The van der Waals surface area contributed by atoms with E-state index in [9.17, 15) is 13.2 Å². The minimum atomic E-state index is -3.03. The summed E-state index contributed by atoms with van der Waals surface area (Å²) >= 11 is 1.13. The molecule has 10 heteroatoms. The van der Waals surface area contributed by atoms with Crippen LogP contribution in [0.1, 0.15) is 13.3 Å². The summed E-state index contributed by atoms with van der Waals surface area (Å²) in [6, 6.07) is 3.14. The first-order valence-corrected chi connectivity index (χ1v) is 10.1. The van der Waals surface area contributed by atoms with Crippen molar-refractivity contribution in [1.82, 2.24) is 15.1 Å². The maximum atomic E-state index is 12.5. The topological polar surface area (TPSA) is 107 Å². The molecule has 0 spiro atoms. The van der Waals surface area contributed by atoms with Crippen molar-refractivity contribution in [3.63, 3.8) is 0 Å². The zero-order chi connectivity index (χ0) is 17.3. The molecule has 0 saturated carbocycles. The van der Waals surface area contributed by atoms with E-state index in [1.807, 2.05) is 0 Å². The van der Waals surface area contributed by atoms with E-state index < -0.39 is 15.1 Å². The minimum Gasteiger partial charge on any atom is -0.459 e. The third kappa shape index (κ3) is 3.64. The third-order valence-corrected chi connectivity index (χ3v) is 6.54. The number of hydrogen-bond donors (Lipinski definition) is 0. The van der Waals surface area contributed by atoms with Gasteiger partial charge in [-0.25, -0.2) is 8.42 Å². The second kappa shape index (κ2) is 6.60. The summed E-state index contributed by atoms with van der Waals surface area (Å²) in [5, 5.41) is 7.56. The Morgan fingerprint density at radius 2 is 2.25 bits per heavy atom. The Morgan fingerprint density at radius 3 is 2.88 bits per heavy atom. The number of carbonyl (C=O) groups is 1. The number of thioether (sulfide) groups is 1. The van der Waals surface area contributed by atoms with E-state index in [0.29, 0.717) is 12.2 Å². The number of furan rings is 1. The molecule has 3 rings (SSSR count). The van der Waals surface area contributed by atoms with Crippen LogP contribution in [0.3, 0.4) is 0 Å². The maximum absolute atomic E-state index is 12.5. The molecule has 0 N–H and O–H groups in total. The Labute approximate surface area is 143 Å². The summed E-state index contributed by atoms with van der Waals surface area (Å²) in [4.78, 5) is 14.0. The fourth-order valence-electron chi connectivity index (χ4n) is 2.51. The lowest BCUT2D eigenvalue weighted by atomic mass is 10.2. The summed E-state index contributed by atoms with van der Waals surface area (Å²) in [7, 11) is -1.40. The summed E-state index contributed by atoms with van der Waals surface area (Å²) in [5.74, 6) is 0.696. The summed E-state index contributed by atoms with van der Waals surface area (Å²) in [6.07, 6.45) is 1.98. The van der Waals surface area contributed by atoms with Crippen LogP contribution in [-0.4, -0.2) is 59.3 Å². The molecule has 1 saturated heterocycles. The zero-order valence-electron chi connectivity index (χ0n) is 13.2. The van der Waals surface area contributed by atoms with E-state index in [1.54, 1.807) is 26.1 Å². The number of rotatable bonds is 5. The van der Waals surface area contributed by atoms with Gasteiger partial charge in [0, 0.05) is 13.1 Å². The van der Waals surface area contributed by atoms with Crippen molar-refractivity contribution >= 4 is 27.5 Å². The van der Waals surface area contributed by atoms with Crippen LogP contribution in [0.15, 0.2) is 32.5 Å². The van der Waals surface area contributed by atoms with Crippen LogP contribution in [0.4, 0.5) is 0 Å². The van der Waals surface area contributed by atoms with Crippen LogP contribution in [0, 0.1) is 0 Å². The van der Waals surface area contributed by atoms with Gasteiger partial charge in [-0.05, 0) is 25.5 Å². The first kappa shape index (κ1) is 17.0. The quantitative estimate of drug-likeness (QED) is 0.727. The van der Waals surface area contributed by atoms with E-state index in [2.05, 4.69) is 10.2 Å². The Balaban J connectivity index is 1.62. The van der Waals surface area contributed by atoms with Crippen molar-refractivity contribution in [2.24, 2.45) is 0 Å². The summed E-state index contributed by atoms with van der Waals surface area (Å²) in [6.45, 7) is 1.73. The molecule has 2 aromatic rings. The molecule has 0 radical (unpaired) electrons. The highest BCUT2D eigenvalue weighted by Crippen LogP contribution is 2.28. The predicted molar refractivity (Wildman–Crippen MR) is 87.1 cm³/mol. The van der Waals surface area contributed by atoms with Gasteiger partial charge in [-0.3, -0.25) is 4.79 Å². The first-order valence-electron chi connectivity index (χ1n) is 7.37. The van der Waals surface area contributed by atoms with Crippen LogP contribution in [0.25, 0.3) is 11.7 Å². The monoisotopic (exact) mass is 371 g/mol. The van der Waals surface area contributed by atoms with Crippen molar-refractivity contribution in [3.05, 3.63) is 18.4 Å². The van der Waals surface area contributed by atoms with E-state index >= 15 is 0 Å². The molecular weight excluding hydrogens is 354 g/mol. The molecule has 8 nitrogen and oxygen atoms in total. The van der Waals surface area contributed by atoms with Gasteiger partial charge in [0.15, 0.2) is 15.6 Å². The molecule has 2 atom stereocenters. The van der Waals surface area contributed by atoms with E-state index in [-0.39, 0.29) is 34.6 Å². The lowest BCUT2D eigenvalue weighted by Crippen LogP contribution is -2.41. The van der Waals surface area contributed by atoms with Gasteiger partial charge in [0.1, 0.15) is 0 Å². The first-order chi connectivity index (χ1) is 11.4. The Hall–Kier alpha value is -1.81. The molecule has 3 heterocycles. The lowest BCUT2D eigenvalue weighted by Gasteiger charge is -2.25. The van der Waals surface area contributed by atoms with Gasteiger partial charge < -0.3 is 13.7 Å². The second-order valence-electron chi connectivity index (χ2n) is 5.62. The van der Waals surface area contributed by atoms with Crippen LogP contribution in [-0.2, 0) is 14.6 Å². The van der Waals surface area contributed by atoms with Gasteiger partial charge in [0.05, 0.1) is 23.0 Å². The molecule has 2 aromatic heterocycles. The minimum absolute atomic E-state index is 0.0236. The standard InChI is InChI=1S/C14H17N3O5S2/c1-9(13(18)17(2)10-5-7-24(19,20)8-10)23-14-16-15-12(22-14)11-4-3-6-21-11/h3-4,6,9-10H,5,7-8H2,1-2H3/t9-,10+/m0/s1. The van der Waals surface area contributed by atoms with Crippen molar-refractivity contribution in [3.8, 4) is 11.7 Å². The molecule has 0 aliphatic carbocycles. The van der Waals surface area contributed by atoms with Gasteiger partial charge in [0.25, 0.3) is 11.1 Å². The second-order valence-corrected chi connectivity index (χ2v) is 9.14. The highest BCUT2D eigenvalue weighted by Gasteiger charge is 2.34. The number of carbonyl (C=O) groups excluding carboxylic acids is 1. The molecular formula is C14H17N3O5S2. The van der Waals surface area contributed by atoms with Gasteiger partial charge in [-0.15, -0.1) is 10.2 Å². The van der Waals surface area contributed by atoms with Gasteiger partial charge >= 0.3 is 0 Å². The fourth-order valence-corrected chi connectivity index (χ4v) is 5.07. The molecule has 130 valence electrons. The Bertz CT molecular complexity index is 815. The van der Waals surface area contributed by atoms with Crippen molar-refractivity contribution in [2.45, 2.75) is 29.9 Å². The number of hydrogen-bond acceptors (Lipinski definition) is 8. The van der Waals surface area contributed by atoms with Gasteiger partial charge in [-0.1, -0.05) is 11.8 Å². The van der Waals surface area contributed by atoms with Crippen molar-refractivity contribution in [2.75, 3.05) is 18.6 Å². The van der Waals surface area contributed by atoms with Crippen LogP contribution in [0.5, 0.6) is 0 Å². The number of amides is 1. The molecule has 1 amide bonds. The largest absolute Gasteiger partial charge is 0.459 e. The number of nitrogens with zero attached hydrogens (tertiary/aromatic N) is 3. The molecule has 0 unspecified atom stereocenters. The number of sulfone groups is 1. The zero-order valence-corrected chi connectivity index (χ0v) is 14.8. The molecule has 0 aromatic carbocycles. The average molecular weight is 371 g/mol. The maximum Gasteiger partial charge on any atom is 0.284 e. The summed E-state index contributed by atoms with van der Waals surface area (Å²) < 4.78 is 33.8. The third-order valence-electron chi connectivity index (χ3n) is 3.87. The summed E-state index contributed by atoms with van der Waals surface area (Å²) in [5.41, 5.74) is 0. The van der Waals surface area contributed by atoms with Crippen LogP contribution < -0.4 is 0 Å². The Kier molecular flexibility index (Phi) is 4.68. The van der Waals surface area contributed by atoms with Gasteiger partial charge in [-0.2, -0.15) is 0 Å².